The maximum Gasteiger partial charge on any atom is 0.127 e. The number of ether oxygens (including phenoxy) is 1. The van der Waals surface area contributed by atoms with Crippen LogP contribution >= 0.6 is 11.8 Å². The lowest BCUT2D eigenvalue weighted by Crippen LogP contribution is -2.02. The zero-order chi connectivity index (χ0) is 18.7. The van der Waals surface area contributed by atoms with E-state index in [0.29, 0.717) is 5.69 Å². The van der Waals surface area contributed by atoms with Crippen molar-refractivity contribution in [2.75, 3.05) is 18.9 Å². The van der Waals surface area contributed by atoms with E-state index in [9.17, 15) is 5.11 Å². The molecule has 0 saturated heterocycles. The minimum Gasteiger partial charge on any atom is -0.491 e. The van der Waals surface area contributed by atoms with Gasteiger partial charge in [0.05, 0.1) is 6.61 Å². The minimum atomic E-state index is -0.0324. The first-order chi connectivity index (χ1) is 12.1. The summed E-state index contributed by atoms with van der Waals surface area (Å²) in [5, 5.41) is 11.2. The molecule has 0 saturated carbocycles. The predicted octanol–water partition coefficient (Wildman–Crippen LogP) is 5.43. The fourth-order valence-electron chi connectivity index (χ4n) is 2.29. The number of nitrogens with two attached hydrogens (primary N) is 1. The van der Waals surface area contributed by atoms with Gasteiger partial charge in [-0.2, -0.15) is 0 Å². The Balaban J connectivity index is 3.38. The first kappa shape index (κ1) is 21.1. The van der Waals surface area contributed by atoms with Gasteiger partial charge >= 0.3 is 0 Å². The number of aryl methyl sites for hydroxylation is 1. The summed E-state index contributed by atoms with van der Waals surface area (Å²) in [6.45, 7) is 8.39. The van der Waals surface area contributed by atoms with Crippen LogP contribution in [0.4, 0.5) is 5.69 Å². The SMILES string of the molecule is C/C=C\SC(=C\C)/C(=C\CC)/C=C(/OCCO)c1cc(N)ccc1C. The lowest BCUT2D eigenvalue weighted by atomic mass is 10.0. The van der Waals surface area contributed by atoms with Gasteiger partial charge in [0.2, 0.25) is 0 Å². The Morgan fingerprint density at radius 1 is 1.32 bits per heavy atom. The Bertz CT molecular complexity index is 672. The third-order valence-corrected chi connectivity index (χ3v) is 4.60. The van der Waals surface area contributed by atoms with Gasteiger partial charge in [0.15, 0.2) is 0 Å². The molecule has 0 amide bonds. The molecular weight excluding hydrogens is 330 g/mol. The van der Waals surface area contributed by atoms with Crippen LogP contribution in [-0.2, 0) is 4.74 Å². The van der Waals surface area contributed by atoms with Crippen LogP contribution in [-0.4, -0.2) is 18.3 Å². The fraction of sp³-hybridized carbons (Fsp3) is 0.333. The second-order valence-corrected chi connectivity index (χ2v) is 6.41. The molecule has 25 heavy (non-hydrogen) atoms. The number of hydrogen-bond donors (Lipinski definition) is 2. The van der Waals surface area contributed by atoms with E-state index in [1.165, 1.54) is 0 Å². The van der Waals surface area contributed by atoms with Gasteiger partial charge in [-0.25, -0.2) is 0 Å². The highest BCUT2D eigenvalue weighted by atomic mass is 32.2. The summed E-state index contributed by atoms with van der Waals surface area (Å²) in [7, 11) is 0. The zero-order valence-corrected chi connectivity index (χ0v) is 16.4. The summed E-state index contributed by atoms with van der Waals surface area (Å²) < 4.78 is 5.85. The summed E-state index contributed by atoms with van der Waals surface area (Å²) in [4.78, 5) is 1.16. The number of thioether (sulfide) groups is 1. The number of allylic oxidation sites excluding steroid dienone is 5. The molecule has 0 fully saturated rings. The van der Waals surface area contributed by atoms with Crippen molar-refractivity contribution in [3.8, 4) is 0 Å². The van der Waals surface area contributed by atoms with Crippen molar-refractivity contribution >= 4 is 23.2 Å². The maximum absolute atomic E-state index is 9.18. The van der Waals surface area contributed by atoms with Crippen molar-refractivity contribution < 1.29 is 9.84 Å². The molecule has 1 aromatic rings. The molecule has 1 rings (SSSR count). The molecule has 4 heteroatoms. The first-order valence-corrected chi connectivity index (χ1v) is 9.41. The van der Waals surface area contributed by atoms with Crippen molar-refractivity contribution in [2.45, 2.75) is 34.1 Å². The fourth-order valence-corrected chi connectivity index (χ4v) is 2.99. The average molecular weight is 360 g/mol. The summed E-state index contributed by atoms with van der Waals surface area (Å²) in [5.41, 5.74) is 9.78. The van der Waals surface area contributed by atoms with E-state index in [0.717, 1.165) is 33.8 Å². The molecule has 0 unspecified atom stereocenters. The number of anilines is 1. The van der Waals surface area contributed by atoms with Gasteiger partial charge in [-0.05, 0) is 61.9 Å². The second kappa shape index (κ2) is 11.6. The summed E-state index contributed by atoms with van der Waals surface area (Å²) in [6, 6.07) is 5.77. The average Bonchev–Trinajstić information content (AvgIpc) is 2.61. The highest BCUT2D eigenvalue weighted by Gasteiger charge is 2.10. The molecule has 3 N–H and O–H groups in total. The van der Waals surface area contributed by atoms with Crippen molar-refractivity contribution in [1.29, 1.82) is 0 Å². The molecule has 0 radical (unpaired) electrons. The Labute approximate surface area is 156 Å². The first-order valence-electron chi connectivity index (χ1n) is 8.53. The van der Waals surface area contributed by atoms with E-state index in [2.05, 4.69) is 24.5 Å². The Hall–Kier alpha value is -1.91. The summed E-state index contributed by atoms with van der Waals surface area (Å²) >= 11 is 1.68. The van der Waals surface area contributed by atoms with E-state index in [4.69, 9.17) is 10.5 Å². The van der Waals surface area contributed by atoms with Crippen LogP contribution in [0.1, 0.15) is 38.3 Å². The van der Waals surface area contributed by atoms with Crippen LogP contribution < -0.4 is 5.73 Å². The normalized spacial score (nSPS) is 13.6. The summed E-state index contributed by atoms with van der Waals surface area (Å²) in [6.07, 6.45) is 9.25. The van der Waals surface area contributed by atoms with E-state index in [1.54, 1.807) is 11.8 Å². The minimum absolute atomic E-state index is 0.0324. The van der Waals surface area contributed by atoms with E-state index in [1.807, 2.05) is 51.1 Å². The lowest BCUT2D eigenvalue weighted by Gasteiger charge is -2.15. The number of aliphatic hydroxyl groups is 1. The van der Waals surface area contributed by atoms with Gasteiger partial charge in [0.1, 0.15) is 12.4 Å². The van der Waals surface area contributed by atoms with E-state index >= 15 is 0 Å². The maximum atomic E-state index is 9.18. The van der Waals surface area contributed by atoms with Crippen molar-refractivity contribution in [1.82, 2.24) is 0 Å². The molecule has 0 aliphatic heterocycles. The third-order valence-electron chi connectivity index (χ3n) is 3.46. The Kier molecular flexibility index (Phi) is 9.81. The smallest absolute Gasteiger partial charge is 0.127 e. The molecule has 0 aliphatic carbocycles. The number of benzene rings is 1. The molecule has 0 spiro atoms. The van der Waals surface area contributed by atoms with Crippen molar-refractivity contribution in [2.24, 2.45) is 0 Å². The topological polar surface area (TPSA) is 55.5 Å². The van der Waals surface area contributed by atoms with Crippen molar-refractivity contribution in [3.05, 3.63) is 69.5 Å². The number of rotatable bonds is 9. The van der Waals surface area contributed by atoms with Crippen molar-refractivity contribution in [3.63, 3.8) is 0 Å². The molecule has 3 nitrogen and oxygen atoms in total. The number of nitrogen functional groups attached to an aromatic ring is 1. The second-order valence-electron chi connectivity index (χ2n) is 5.46. The molecule has 1 aromatic carbocycles. The van der Waals surface area contributed by atoms with Gasteiger partial charge in [-0.15, -0.1) is 0 Å². The lowest BCUT2D eigenvalue weighted by molar-refractivity contribution is 0.180. The highest BCUT2D eigenvalue weighted by Crippen LogP contribution is 2.31. The quantitative estimate of drug-likeness (QED) is 0.350. The number of hydrogen-bond acceptors (Lipinski definition) is 4. The standard InChI is InChI=1S/C21H29NO2S/c1-5-8-17(21(7-3)25-13-6-2)14-20(24-12-11-23)19-15-18(22)10-9-16(19)4/h6-10,13-15,23H,5,11-12,22H2,1-4H3/b13-6-,17-8-,20-14+,21-7-. The predicted molar refractivity (Wildman–Crippen MR) is 111 cm³/mol. The van der Waals surface area contributed by atoms with Gasteiger partial charge < -0.3 is 15.6 Å². The summed E-state index contributed by atoms with van der Waals surface area (Å²) in [5.74, 6) is 0.721. The van der Waals surface area contributed by atoms with Gasteiger partial charge in [-0.1, -0.05) is 43.0 Å². The molecule has 0 heterocycles. The van der Waals surface area contributed by atoms with Crippen LogP contribution in [0.5, 0.6) is 0 Å². The van der Waals surface area contributed by atoms with E-state index in [-0.39, 0.29) is 13.2 Å². The molecule has 0 bridgehead atoms. The monoisotopic (exact) mass is 359 g/mol. The molecule has 0 atom stereocenters. The van der Waals surface area contributed by atoms with E-state index < -0.39 is 0 Å². The van der Waals surface area contributed by atoms with Gasteiger partial charge in [0, 0.05) is 16.2 Å². The molecule has 0 aromatic heterocycles. The third kappa shape index (κ3) is 6.85. The van der Waals surface area contributed by atoms with Crippen LogP contribution in [0.3, 0.4) is 0 Å². The Morgan fingerprint density at radius 3 is 2.68 bits per heavy atom. The Morgan fingerprint density at radius 2 is 2.08 bits per heavy atom. The molecule has 0 aliphatic rings. The van der Waals surface area contributed by atoms with Gasteiger partial charge in [-0.3, -0.25) is 0 Å². The number of aliphatic hydroxyl groups excluding tert-OH is 1. The van der Waals surface area contributed by atoms with Crippen LogP contribution in [0.25, 0.3) is 5.76 Å². The zero-order valence-electron chi connectivity index (χ0n) is 15.6. The van der Waals surface area contributed by atoms with Crippen LogP contribution in [0.2, 0.25) is 0 Å². The highest BCUT2D eigenvalue weighted by molar-refractivity contribution is 8.06. The van der Waals surface area contributed by atoms with Crippen LogP contribution in [0.15, 0.2) is 58.4 Å². The van der Waals surface area contributed by atoms with Crippen LogP contribution in [0, 0.1) is 6.92 Å². The van der Waals surface area contributed by atoms with Gasteiger partial charge in [0.25, 0.3) is 0 Å². The molecule has 136 valence electrons. The largest absolute Gasteiger partial charge is 0.491 e. The molecular formula is C21H29NO2S.